The van der Waals surface area contributed by atoms with E-state index in [-0.39, 0.29) is 0 Å². The largest absolute Gasteiger partial charge is 0.480 e. The molecule has 0 bridgehead atoms. The zero-order valence-electron chi connectivity index (χ0n) is 6.98. The van der Waals surface area contributed by atoms with Crippen molar-refractivity contribution in [1.82, 2.24) is 9.55 Å². The highest BCUT2D eigenvalue weighted by Crippen LogP contribution is 2.02. The number of rotatable bonds is 3. The topological polar surface area (TPSA) is 67.2 Å². The van der Waals surface area contributed by atoms with Gasteiger partial charge in [-0.15, -0.1) is 0 Å². The van der Waals surface area contributed by atoms with Crippen LogP contribution in [0.1, 0.15) is 6.92 Å². The van der Waals surface area contributed by atoms with Gasteiger partial charge in [-0.05, 0) is 6.92 Å². The number of aryl methyl sites for hydroxylation is 1. The molecule has 0 amide bonds. The number of aliphatic carboxylic acids is 1. The van der Waals surface area contributed by atoms with Crippen LogP contribution in [0, 0.1) is 0 Å². The van der Waals surface area contributed by atoms with Gasteiger partial charge in [-0.3, -0.25) is 4.79 Å². The third-order valence-corrected chi connectivity index (χ3v) is 1.54. The van der Waals surface area contributed by atoms with Crippen LogP contribution < -0.4 is 5.32 Å². The Morgan fingerprint density at radius 2 is 2.50 bits per heavy atom. The lowest BCUT2D eigenvalue weighted by molar-refractivity contribution is -0.137. The maximum Gasteiger partial charge on any atom is 0.325 e. The summed E-state index contributed by atoms with van der Waals surface area (Å²) in [6.45, 7) is 1.57. The Morgan fingerprint density at radius 1 is 1.83 bits per heavy atom. The second kappa shape index (κ2) is 3.25. The third kappa shape index (κ3) is 1.75. The number of hydrogen-bond acceptors (Lipinski definition) is 3. The predicted molar refractivity (Wildman–Crippen MR) is 43.9 cm³/mol. The molecule has 1 aromatic rings. The van der Waals surface area contributed by atoms with E-state index in [1.165, 1.54) is 0 Å². The average Bonchev–Trinajstić information content (AvgIpc) is 2.36. The Bertz CT molecular complexity index is 282. The molecule has 0 spiro atoms. The number of carbonyl (C=O) groups is 1. The molecule has 66 valence electrons. The van der Waals surface area contributed by atoms with Crippen molar-refractivity contribution < 1.29 is 9.90 Å². The first kappa shape index (κ1) is 8.58. The van der Waals surface area contributed by atoms with Crippen LogP contribution in [0.15, 0.2) is 12.4 Å². The van der Waals surface area contributed by atoms with E-state index in [1.54, 1.807) is 30.9 Å². The van der Waals surface area contributed by atoms with Crippen molar-refractivity contribution in [1.29, 1.82) is 0 Å². The van der Waals surface area contributed by atoms with Gasteiger partial charge in [0.25, 0.3) is 0 Å². The van der Waals surface area contributed by atoms with Crippen molar-refractivity contribution >= 4 is 11.9 Å². The maximum absolute atomic E-state index is 10.4. The number of aromatic nitrogens is 2. The summed E-state index contributed by atoms with van der Waals surface area (Å²) in [4.78, 5) is 14.4. The lowest BCUT2D eigenvalue weighted by Crippen LogP contribution is -2.26. The van der Waals surface area contributed by atoms with Crippen LogP contribution in [0.25, 0.3) is 0 Å². The molecule has 1 atom stereocenters. The van der Waals surface area contributed by atoms with E-state index in [9.17, 15) is 4.79 Å². The molecule has 0 aliphatic rings. The summed E-state index contributed by atoms with van der Waals surface area (Å²) in [5.74, 6) is -0.331. The van der Waals surface area contributed by atoms with E-state index in [0.717, 1.165) is 0 Å². The molecule has 0 fully saturated rings. The van der Waals surface area contributed by atoms with Gasteiger partial charge < -0.3 is 15.0 Å². The highest BCUT2D eigenvalue weighted by molar-refractivity contribution is 5.75. The summed E-state index contributed by atoms with van der Waals surface area (Å²) < 4.78 is 1.72. The van der Waals surface area contributed by atoms with Gasteiger partial charge in [-0.25, -0.2) is 4.98 Å². The second-order valence-corrected chi connectivity index (χ2v) is 2.57. The Morgan fingerprint density at radius 3 is 2.92 bits per heavy atom. The van der Waals surface area contributed by atoms with Gasteiger partial charge >= 0.3 is 5.97 Å². The summed E-state index contributed by atoms with van der Waals surface area (Å²) in [6, 6.07) is -0.619. The Kier molecular flexibility index (Phi) is 2.32. The molecule has 0 aliphatic carbocycles. The van der Waals surface area contributed by atoms with E-state index >= 15 is 0 Å². The first-order chi connectivity index (χ1) is 5.61. The molecule has 5 heteroatoms. The molecule has 1 heterocycles. The van der Waals surface area contributed by atoms with Crippen molar-refractivity contribution in [2.75, 3.05) is 5.32 Å². The molecule has 2 N–H and O–H groups in total. The van der Waals surface area contributed by atoms with E-state index in [1.807, 2.05) is 0 Å². The Hall–Kier alpha value is -1.52. The van der Waals surface area contributed by atoms with Gasteiger partial charge in [0.05, 0.1) is 0 Å². The molecule has 0 aliphatic heterocycles. The van der Waals surface area contributed by atoms with E-state index in [0.29, 0.717) is 5.95 Å². The Labute approximate surface area is 70.0 Å². The zero-order chi connectivity index (χ0) is 9.14. The van der Waals surface area contributed by atoms with Gasteiger partial charge in [-0.1, -0.05) is 0 Å². The second-order valence-electron chi connectivity index (χ2n) is 2.57. The number of nitrogens with one attached hydrogen (secondary N) is 1. The van der Waals surface area contributed by atoms with Crippen molar-refractivity contribution in [2.45, 2.75) is 13.0 Å². The molecule has 1 rings (SSSR count). The molecule has 0 radical (unpaired) electrons. The van der Waals surface area contributed by atoms with E-state index in [2.05, 4.69) is 10.3 Å². The van der Waals surface area contributed by atoms with Crippen molar-refractivity contribution in [3.05, 3.63) is 12.4 Å². The summed E-state index contributed by atoms with van der Waals surface area (Å²) in [6.07, 6.45) is 3.35. The summed E-state index contributed by atoms with van der Waals surface area (Å²) in [5.41, 5.74) is 0. The first-order valence-corrected chi connectivity index (χ1v) is 3.58. The maximum atomic E-state index is 10.4. The standard InChI is InChI=1S/C7H11N3O2/c1-5(6(11)12)9-7-8-3-4-10(7)2/h3-5H,1-2H3,(H,8,9)(H,11,12)/t5-/m0/s1. The minimum atomic E-state index is -0.891. The van der Waals surface area contributed by atoms with Gasteiger partial charge in [0.1, 0.15) is 6.04 Å². The van der Waals surface area contributed by atoms with Gasteiger partial charge in [0.2, 0.25) is 5.95 Å². The van der Waals surface area contributed by atoms with Crippen LogP contribution in [0.5, 0.6) is 0 Å². The van der Waals surface area contributed by atoms with Crippen LogP contribution in [0.2, 0.25) is 0 Å². The fraction of sp³-hybridized carbons (Fsp3) is 0.429. The van der Waals surface area contributed by atoms with E-state index < -0.39 is 12.0 Å². The van der Waals surface area contributed by atoms with Crippen molar-refractivity contribution in [2.24, 2.45) is 7.05 Å². The summed E-state index contributed by atoms with van der Waals surface area (Å²) >= 11 is 0. The number of carboxylic acid groups (broad SMARTS) is 1. The molecule has 12 heavy (non-hydrogen) atoms. The number of hydrogen-bond donors (Lipinski definition) is 2. The molecule has 0 aromatic carbocycles. The van der Waals surface area contributed by atoms with Crippen LogP contribution in [-0.2, 0) is 11.8 Å². The predicted octanol–water partition coefficient (Wildman–Crippen LogP) is 0.305. The molecule has 1 aromatic heterocycles. The molecular formula is C7H11N3O2. The molecule has 0 saturated carbocycles. The monoisotopic (exact) mass is 169 g/mol. The molecule has 5 nitrogen and oxygen atoms in total. The molecular weight excluding hydrogens is 158 g/mol. The summed E-state index contributed by atoms with van der Waals surface area (Å²) in [5, 5.41) is 11.3. The number of anilines is 1. The normalized spacial score (nSPS) is 12.5. The van der Waals surface area contributed by atoms with Crippen molar-refractivity contribution in [3.8, 4) is 0 Å². The lowest BCUT2D eigenvalue weighted by Gasteiger charge is -2.09. The number of imidazole rings is 1. The minimum absolute atomic E-state index is 0.560. The van der Waals surface area contributed by atoms with Gasteiger partial charge in [-0.2, -0.15) is 0 Å². The van der Waals surface area contributed by atoms with Crippen LogP contribution in [-0.4, -0.2) is 26.7 Å². The highest BCUT2D eigenvalue weighted by atomic mass is 16.4. The fourth-order valence-corrected chi connectivity index (χ4v) is 0.760. The lowest BCUT2D eigenvalue weighted by atomic mass is 10.3. The van der Waals surface area contributed by atoms with Crippen LogP contribution in [0.3, 0.4) is 0 Å². The van der Waals surface area contributed by atoms with Crippen LogP contribution >= 0.6 is 0 Å². The Balaban J connectivity index is 2.64. The first-order valence-electron chi connectivity index (χ1n) is 3.58. The third-order valence-electron chi connectivity index (χ3n) is 1.54. The van der Waals surface area contributed by atoms with Crippen molar-refractivity contribution in [3.63, 3.8) is 0 Å². The average molecular weight is 169 g/mol. The van der Waals surface area contributed by atoms with E-state index in [4.69, 9.17) is 5.11 Å². The SMILES string of the molecule is C[C@H](Nc1nccn1C)C(=O)O. The quantitative estimate of drug-likeness (QED) is 0.683. The smallest absolute Gasteiger partial charge is 0.325 e. The number of carboxylic acids is 1. The highest BCUT2D eigenvalue weighted by Gasteiger charge is 2.11. The number of nitrogens with zero attached hydrogens (tertiary/aromatic N) is 2. The zero-order valence-corrected chi connectivity index (χ0v) is 6.98. The van der Waals surface area contributed by atoms with Gasteiger partial charge in [0, 0.05) is 19.4 Å². The molecule has 0 saturated heterocycles. The molecule has 0 unspecified atom stereocenters. The fourth-order valence-electron chi connectivity index (χ4n) is 0.760. The van der Waals surface area contributed by atoms with Crippen LogP contribution in [0.4, 0.5) is 5.95 Å². The minimum Gasteiger partial charge on any atom is -0.480 e. The van der Waals surface area contributed by atoms with Gasteiger partial charge in [0.15, 0.2) is 0 Å². The summed E-state index contributed by atoms with van der Waals surface area (Å²) in [7, 11) is 1.80.